The molecule has 1 heterocycles. The lowest BCUT2D eigenvalue weighted by atomic mass is 10.1. The second-order valence-electron chi connectivity index (χ2n) is 5.25. The molecule has 0 unspecified atom stereocenters. The summed E-state index contributed by atoms with van der Waals surface area (Å²) in [7, 11) is 2.06. The summed E-state index contributed by atoms with van der Waals surface area (Å²) >= 11 is 0. The van der Waals surface area contributed by atoms with Gasteiger partial charge in [-0.05, 0) is 37.6 Å². The van der Waals surface area contributed by atoms with Gasteiger partial charge in [0.25, 0.3) is 0 Å². The van der Waals surface area contributed by atoms with Crippen molar-refractivity contribution < 1.29 is 9.47 Å². The molecule has 0 saturated heterocycles. The molecule has 18 heavy (non-hydrogen) atoms. The van der Waals surface area contributed by atoms with Crippen molar-refractivity contribution in [2.45, 2.75) is 19.4 Å². The Balaban J connectivity index is 1.64. The third-order valence-corrected chi connectivity index (χ3v) is 3.55. The van der Waals surface area contributed by atoms with Crippen molar-refractivity contribution in [3.05, 3.63) is 23.8 Å². The number of hydrogen-bond donors (Lipinski definition) is 0. The molecule has 0 spiro atoms. The van der Waals surface area contributed by atoms with E-state index < -0.39 is 0 Å². The van der Waals surface area contributed by atoms with Crippen LogP contribution in [-0.2, 0) is 6.54 Å². The molecular weight excluding hydrogens is 228 g/mol. The third-order valence-electron chi connectivity index (χ3n) is 3.55. The molecule has 3 rings (SSSR count). The topological polar surface area (TPSA) is 45.5 Å². The number of fused-ring (bicyclic) bond motifs is 1. The predicted molar refractivity (Wildman–Crippen MR) is 66.2 cm³/mol. The Morgan fingerprint density at radius 1 is 1.33 bits per heavy atom. The van der Waals surface area contributed by atoms with Crippen LogP contribution in [0.2, 0.25) is 0 Å². The van der Waals surface area contributed by atoms with Crippen LogP contribution in [0.1, 0.15) is 18.4 Å². The van der Waals surface area contributed by atoms with E-state index in [2.05, 4.69) is 24.1 Å². The Kier molecular flexibility index (Phi) is 2.64. The highest BCUT2D eigenvalue weighted by molar-refractivity contribution is 5.44. The summed E-state index contributed by atoms with van der Waals surface area (Å²) < 4.78 is 10.6. The summed E-state index contributed by atoms with van der Waals surface area (Å²) in [6.07, 6.45) is 2.07. The minimum absolute atomic E-state index is 0.0783. The molecule has 0 bridgehead atoms. The molecule has 1 aromatic carbocycles. The fourth-order valence-electron chi connectivity index (χ4n) is 2.38. The smallest absolute Gasteiger partial charge is 0.231 e. The molecule has 1 fully saturated rings. The zero-order chi connectivity index (χ0) is 12.6. The number of nitriles is 1. The van der Waals surface area contributed by atoms with Gasteiger partial charge >= 0.3 is 0 Å². The van der Waals surface area contributed by atoms with Crippen molar-refractivity contribution in [1.29, 1.82) is 5.26 Å². The van der Waals surface area contributed by atoms with Gasteiger partial charge < -0.3 is 14.4 Å². The Labute approximate surface area is 107 Å². The van der Waals surface area contributed by atoms with Crippen LogP contribution in [0.15, 0.2) is 18.2 Å². The molecule has 0 aromatic heterocycles. The fraction of sp³-hybridized carbons (Fsp3) is 0.500. The molecule has 2 aliphatic rings. The van der Waals surface area contributed by atoms with Crippen LogP contribution < -0.4 is 9.47 Å². The SMILES string of the molecule is CN(Cc1ccc2c(c1)OCO2)CC1(C#N)CC1. The van der Waals surface area contributed by atoms with Crippen molar-refractivity contribution in [2.24, 2.45) is 5.41 Å². The van der Waals surface area contributed by atoms with Crippen molar-refractivity contribution >= 4 is 0 Å². The van der Waals surface area contributed by atoms with Gasteiger partial charge in [-0.1, -0.05) is 6.07 Å². The van der Waals surface area contributed by atoms with Gasteiger partial charge in [0.1, 0.15) is 0 Å². The average Bonchev–Trinajstić information content (AvgIpc) is 2.97. The lowest BCUT2D eigenvalue weighted by Crippen LogP contribution is -2.25. The van der Waals surface area contributed by atoms with Crippen molar-refractivity contribution in [3.63, 3.8) is 0 Å². The van der Waals surface area contributed by atoms with Crippen molar-refractivity contribution in [1.82, 2.24) is 4.90 Å². The zero-order valence-electron chi connectivity index (χ0n) is 10.5. The summed E-state index contributed by atoms with van der Waals surface area (Å²) in [5.41, 5.74) is 1.11. The maximum atomic E-state index is 9.09. The minimum atomic E-state index is -0.0783. The largest absolute Gasteiger partial charge is 0.454 e. The normalized spacial score (nSPS) is 18.7. The van der Waals surface area contributed by atoms with Gasteiger partial charge in [0.05, 0.1) is 11.5 Å². The number of ether oxygens (including phenoxy) is 2. The molecule has 0 N–H and O–H groups in total. The van der Waals surface area contributed by atoms with Crippen molar-refractivity contribution in [2.75, 3.05) is 20.4 Å². The first kappa shape index (κ1) is 11.4. The fourth-order valence-corrected chi connectivity index (χ4v) is 2.38. The maximum Gasteiger partial charge on any atom is 0.231 e. The van der Waals surface area contributed by atoms with E-state index in [1.807, 2.05) is 12.1 Å². The Morgan fingerprint density at radius 3 is 2.83 bits per heavy atom. The van der Waals surface area contributed by atoms with E-state index in [1.54, 1.807) is 0 Å². The highest BCUT2D eigenvalue weighted by Crippen LogP contribution is 2.45. The van der Waals surface area contributed by atoms with Crippen LogP contribution in [0.25, 0.3) is 0 Å². The second-order valence-corrected chi connectivity index (χ2v) is 5.25. The third kappa shape index (κ3) is 2.14. The van der Waals surface area contributed by atoms with Crippen LogP contribution in [0.3, 0.4) is 0 Å². The van der Waals surface area contributed by atoms with Gasteiger partial charge in [-0.15, -0.1) is 0 Å². The molecule has 1 aliphatic carbocycles. The highest BCUT2D eigenvalue weighted by atomic mass is 16.7. The molecule has 4 heteroatoms. The standard InChI is InChI=1S/C14H16N2O2/c1-16(9-14(8-15)4-5-14)7-11-2-3-12-13(6-11)18-10-17-12/h2-3,6H,4-5,7,9-10H2,1H3. The second kappa shape index (κ2) is 4.18. The van der Waals surface area contributed by atoms with Gasteiger partial charge in [-0.25, -0.2) is 0 Å². The monoisotopic (exact) mass is 244 g/mol. The Morgan fingerprint density at radius 2 is 2.11 bits per heavy atom. The summed E-state index contributed by atoms with van der Waals surface area (Å²) in [6.45, 7) is 1.99. The molecule has 0 atom stereocenters. The summed E-state index contributed by atoms with van der Waals surface area (Å²) in [5.74, 6) is 1.64. The average molecular weight is 244 g/mol. The summed E-state index contributed by atoms with van der Waals surface area (Å²) in [6, 6.07) is 8.44. The van der Waals surface area contributed by atoms with Crippen LogP contribution >= 0.6 is 0 Å². The van der Waals surface area contributed by atoms with E-state index in [9.17, 15) is 0 Å². The molecule has 0 amide bonds. The molecule has 0 radical (unpaired) electrons. The van der Waals surface area contributed by atoms with Gasteiger partial charge in [0.15, 0.2) is 11.5 Å². The first-order chi connectivity index (χ1) is 8.71. The molecular formula is C14H16N2O2. The van der Waals surface area contributed by atoms with E-state index in [1.165, 1.54) is 5.56 Å². The summed E-state index contributed by atoms with van der Waals surface area (Å²) in [4.78, 5) is 2.20. The first-order valence-electron chi connectivity index (χ1n) is 6.19. The van der Waals surface area contributed by atoms with E-state index in [0.29, 0.717) is 6.79 Å². The van der Waals surface area contributed by atoms with Gasteiger partial charge in [-0.2, -0.15) is 5.26 Å². The number of nitrogens with zero attached hydrogens (tertiary/aromatic N) is 2. The van der Waals surface area contributed by atoms with Crippen LogP contribution in [0.5, 0.6) is 11.5 Å². The van der Waals surface area contributed by atoms with Crippen molar-refractivity contribution in [3.8, 4) is 17.6 Å². The van der Waals surface area contributed by atoms with Gasteiger partial charge in [0, 0.05) is 13.1 Å². The van der Waals surface area contributed by atoms with Gasteiger partial charge in [-0.3, -0.25) is 0 Å². The molecule has 1 aliphatic heterocycles. The molecule has 1 saturated carbocycles. The quantitative estimate of drug-likeness (QED) is 0.814. The van der Waals surface area contributed by atoms with E-state index in [4.69, 9.17) is 14.7 Å². The maximum absolute atomic E-state index is 9.09. The first-order valence-corrected chi connectivity index (χ1v) is 6.19. The van der Waals surface area contributed by atoms with Crippen LogP contribution in [0.4, 0.5) is 0 Å². The summed E-state index contributed by atoms with van der Waals surface area (Å²) in [5, 5.41) is 9.09. The van der Waals surface area contributed by atoms with Gasteiger partial charge in [0.2, 0.25) is 6.79 Å². The lowest BCUT2D eigenvalue weighted by Gasteiger charge is -2.19. The van der Waals surface area contributed by atoms with Crippen LogP contribution in [0, 0.1) is 16.7 Å². The Hall–Kier alpha value is -1.73. The minimum Gasteiger partial charge on any atom is -0.454 e. The molecule has 94 valence electrons. The zero-order valence-corrected chi connectivity index (χ0v) is 10.5. The molecule has 1 aromatic rings. The number of benzene rings is 1. The number of hydrogen-bond acceptors (Lipinski definition) is 4. The van der Waals surface area contributed by atoms with Crippen LogP contribution in [-0.4, -0.2) is 25.3 Å². The molecule has 4 nitrogen and oxygen atoms in total. The Bertz CT molecular complexity index is 503. The highest BCUT2D eigenvalue weighted by Gasteiger charge is 2.43. The van der Waals surface area contributed by atoms with E-state index >= 15 is 0 Å². The van der Waals surface area contributed by atoms with E-state index in [-0.39, 0.29) is 5.41 Å². The predicted octanol–water partition coefficient (Wildman–Crippen LogP) is 2.15. The lowest BCUT2D eigenvalue weighted by molar-refractivity contribution is 0.174. The van der Waals surface area contributed by atoms with E-state index in [0.717, 1.165) is 37.4 Å². The number of rotatable bonds is 4.